The molecule has 0 amide bonds. The van der Waals surface area contributed by atoms with E-state index in [1.54, 1.807) is 0 Å². The number of aliphatic carboxylic acids is 1. The van der Waals surface area contributed by atoms with Gasteiger partial charge in [0.25, 0.3) is 0 Å². The molecule has 0 aliphatic rings. The van der Waals surface area contributed by atoms with Crippen molar-refractivity contribution < 1.29 is 14.3 Å². The summed E-state index contributed by atoms with van der Waals surface area (Å²) in [5.74, 6) is 0.845. The van der Waals surface area contributed by atoms with Gasteiger partial charge in [0.1, 0.15) is 11.5 Å². The summed E-state index contributed by atoms with van der Waals surface area (Å²) in [5, 5.41) is 8.86. The predicted octanol–water partition coefficient (Wildman–Crippen LogP) is 2.44. The molecule has 0 aromatic carbocycles. The molecular formula is C12H19NO3. The number of rotatable bonds is 5. The zero-order valence-electron chi connectivity index (χ0n) is 10.2. The van der Waals surface area contributed by atoms with Crippen LogP contribution in [0.5, 0.6) is 0 Å². The Morgan fingerprint density at radius 3 is 2.44 bits per heavy atom. The van der Waals surface area contributed by atoms with E-state index in [9.17, 15) is 4.79 Å². The first kappa shape index (κ1) is 12.8. The maximum absolute atomic E-state index is 10.8. The fraction of sp³-hybridized carbons (Fsp3) is 0.583. The molecular weight excluding hydrogens is 206 g/mol. The quantitative estimate of drug-likeness (QED) is 0.836. The minimum absolute atomic E-state index is 0.0233. The van der Waals surface area contributed by atoms with E-state index in [4.69, 9.17) is 9.52 Å². The first-order valence-electron chi connectivity index (χ1n) is 5.45. The maximum atomic E-state index is 10.8. The standard InChI is InChI=1S/C12H19NO3/c1-8(2)13(7-12(14)15)10(4)11-6-5-9(3)16-11/h5-6,8,10H,7H2,1-4H3,(H,14,15). The van der Waals surface area contributed by atoms with Crippen LogP contribution in [0.4, 0.5) is 0 Å². The summed E-state index contributed by atoms with van der Waals surface area (Å²) in [5.41, 5.74) is 0. The average molecular weight is 225 g/mol. The Kier molecular flexibility index (Phi) is 4.12. The molecule has 0 bridgehead atoms. The second kappa shape index (κ2) is 5.16. The third-order valence-electron chi connectivity index (χ3n) is 2.65. The maximum Gasteiger partial charge on any atom is 0.317 e. The van der Waals surface area contributed by atoms with E-state index in [0.29, 0.717) is 0 Å². The molecule has 0 spiro atoms. The van der Waals surface area contributed by atoms with Crippen LogP contribution in [0.1, 0.15) is 38.3 Å². The zero-order chi connectivity index (χ0) is 12.3. The van der Waals surface area contributed by atoms with E-state index in [2.05, 4.69) is 0 Å². The molecule has 4 nitrogen and oxygen atoms in total. The molecule has 0 fully saturated rings. The van der Waals surface area contributed by atoms with Crippen molar-refractivity contribution in [1.29, 1.82) is 0 Å². The monoisotopic (exact) mass is 225 g/mol. The van der Waals surface area contributed by atoms with Crippen LogP contribution in [0.25, 0.3) is 0 Å². The van der Waals surface area contributed by atoms with Gasteiger partial charge in [0.05, 0.1) is 12.6 Å². The fourth-order valence-electron chi connectivity index (χ4n) is 1.76. The number of carboxylic acid groups (broad SMARTS) is 1. The van der Waals surface area contributed by atoms with Crippen LogP contribution in [-0.2, 0) is 4.79 Å². The van der Waals surface area contributed by atoms with Gasteiger partial charge in [-0.25, -0.2) is 0 Å². The van der Waals surface area contributed by atoms with E-state index >= 15 is 0 Å². The normalized spacial score (nSPS) is 13.4. The highest BCUT2D eigenvalue weighted by molar-refractivity contribution is 5.69. The zero-order valence-corrected chi connectivity index (χ0v) is 10.2. The highest BCUT2D eigenvalue weighted by atomic mass is 16.4. The second-order valence-corrected chi connectivity index (χ2v) is 4.28. The summed E-state index contributed by atoms with van der Waals surface area (Å²) in [6.07, 6.45) is 0. The molecule has 1 atom stereocenters. The highest BCUT2D eigenvalue weighted by Crippen LogP contribution is 2.23. The summed E-state index contributed by atoms with van der Waals surface area (Å²) in [6, 6.07) is 3.93. The number of furan rings is 1. The number of aryl methyl sites for hydroxylation is 1. The lowest BCUT2D eigenvalue weighted by Crippen LogP contribution is -2.37. The van der Waals surface area contributed by atoms with Crippen LogP contribution in [0.3, 0.4) is 0 Å². The molecule has 0 saturated heterocycles. The van der Waals surface area contributed by atoms with E-state index < -0.39 is 5.97 Å². The molecule has 1 aromatic heterocycles. The third-order valence-corrected chi connectivity index (χ3v) is 2.65. The second-order valence-electron chi connectivity index (χ2n) is 4.28. The molecule has 1 aromatic rings. The largest absolute Gasteiger partial charge is 0.480 e. The number of carbonyl (C=O) groups is 1. The summed E-state index contributed by atoms with van der Waals surface area (Å²) in [6.45, 7) is 7.83. The average Bonchev–Trinajstić information content (AvgIpc) is 2.59. The van der Waals surface area contributed by atoms with Crippen LogP contribution < -0.4 is 0 Å². The van der Waals surface area contributed by atoms with Crippen molar-refractivity contribution in [2.24, 2.45) is 0 Å². The minimum atomic E-state index is -0.816. The van der Waals surface area contributed by atoms with Gasteiger partial charge in [-0.15, -0.1) is 0 Å². The molecule has 1 N–H and O–H groups in total. The van der Waals surface area contributed by atoms with Crippen molar-refractivity contribution in [2.75, 3.05) is 6.54 Å². The Morgan fingerprint density at radius 2 is 2.06 bits per heavy atom. The van der Waals surface area contributed by atoms with Gasteiger partial charge in [-0.2, -0.15) is 0 Å². The minimum Gasteiger partial charge on any atom is -0.480 e. The van der Waals surface area contributed by atoms with Crippen molar-refractivity contribution in [3.8, 4) is 0 Å². The molecule has 1 unspecified atom stereocenters. The van der Waals surface area contributed by atoms with Crippen molar-refractivity contribution in [3.05, 3.63) is 23.7 Å². The Morgan fingerprint density at radius 1 is 1.44 bits per heavy atom. The first-order valence-corrected chi connectivity index (χ1v) is 5.45. The summed E-state index contributed by atoms with van der Waals surface area (Å²) in [4.78, 5) is 12.7. The van der Waals surface area contributed by atoms with Crippen LogP contribution >= 0.6 is 0 Å². The van der Waals surface area contributed by atoms with E-state index in [0.717, 1.165) is 11.5 Å². The van der Waals surface area contributed by atoms with Crippen LogP contribution in [0, 0.1) is 6.92 Å². The SMILES string of the molecule is Cc1ccc(C(C)N(CC(=O)O)C(C)C)o1. The lowest BCUT2D eigenvalue weighted by atomic mass is 10.1. The molecule has 1 heterocycles. The molecule has 16 heavy (non-hydrogen) atoms. The van der Waals surface area contributed by atoms with Crippen molar-refractivity contribution in [1.82, 2.24) is 4.90 Å². The van der Waals surface area contributed by atoms with E-state index in [1.807, 2.05) is 44.7 Å². The third kappa shape index (κ3) is 3.10. The molecule has 0 aliphatic carbocycles. The lowest BCUT2D eigenvalue weighted by molar-refractivity contribution is -0.139. The van der Waals surface area contributed by atoms with Crippen molar-refractivity contribution >= 4 is 5.97 Å². The molecule has 90 valence electrons. The number of carboxylic acids is 1. The van der Waals surface area contributed by atoms with Crippen LogP contribution in [-0.4, -0.2) is 28.6 Å². The highest BCUT2D eigenvalue weighted by Gasteiger charge is 2.23. The molecule has 1 rings (SSSR count). The summed E-state index contributed by atoms with van der Waals surface area (Å²) in [7, 11) is 0. The van der Waals surface area contributed by atoms with Gasteiger partial charge >= 0.3 is 5.97 Å². The summed E-state index contributed by atoms with van der Waals surface area (Å²) < 4.78 is 5.52. The smallest absolute Gasteiger partial charge is 0.317 e. The van der Waals surface area contributed by atoms with Crippen LogP contribution in [0.2, 0.25) is 0 Å². The van der Waals surface area contributed by atoms with Gasteiger partial charge in [-0.05, 0) is 39.8 Å². The van der Waals surface area contributed by atoms with Gasteiger partial charge in [0.2, 0.25) is 0 Å². The Hall–Kier alpha value is -1.29. The van der Waals surface area contributed by atoms with Crippen molar-refractivity contribution in [2.45, 2.75) is 39.8 Å². The van der Waals surface area contributed by atoms with E-state index in [-0.39, 0.29) is 18.6 Å². The molecule has 0 radical (unpaired) electrons. The first-order chi connectivity index (χ1) is 7.41. The Bertz CT molecular complexity index is 357. The predicted molar refractivity (Wildman–Crippen MR) is 61.3 cm³/mol. The van der Waals surface area contributed by atoms with Crippen LogP contribution in [0.15, 0.2) is 16.5 Å². The van der Waals surface area contributed by atoms with Gasteiger partial charge in [-0.1, -0.05) is 0 Å². The van der Waals surface area contributed by atoms with Gasteiger partial charge in [0.15, 0.2) is 0 Å². The lowest BCUT2D eigenvalue weighted by Gasteiger charge is -2.29. The summed E-state index contributed by atoms with van der Waals surface area (Å²) >= 11 is 0. The van der Waals surface area contributed by atoms with E-state index in [1.165, 1.54) is 0 Å². The Labute approximate surface area is 95.9 Å². The number of hydrogen-bond donors (Lipinski definition) is 1. The van der Waals surface area contributed by atoms with Gasteiger partial charge < -0.3 is 9.52 Å². The van der Waals surface area contributed by atoms with Gasteiger partial charge in [-0.3, -0.25) is 9.69 Å². The van der Waals surface area contributed by atoms with Gasteiger partial charge in [0, 0.05) is 6.04 Å². The molecule has 0 saturated carbocycles. The molecule has 4 heteroatoms. The number of nitrogens with zero attached hydrogens (tertiary/aromatic N) is 1. The Balaban J connectivity index is 2.82. The fourth-order valence-corrected chi connectivity index (χ4v) is 1.76. The number of hydrogen-bond acceptors (Lipinski definition) is 3. The topological polar surface area (TPSA) is 53.7 Å². The van der Waals surface area contributed by atoms with Crippen molar-refractivity contribution in [3.63, 3.8) is 0 Å². The molecule has 0 aliphatic heterocycles.